The molecule has 4 heteroatoms. The molecule has 2 N–H and O–H groups in total. The maximum atomic E-state index is 5.80. The molecular weight excluding hydrogens is 246 g/mol. The van der Waals surface area contributed by atoms with E-state index in [4.69, 9.17) is 27.1 Å². The van der Waals surface area contributed by atoms with Crippen molar-refractivity contribution in [1.29, 1.82) is 0 Å². The van der Waals surface area contributed by atoms with Crippen LogP contribution in [0.2, 0.25) is 0 Å². The molecule has 0 aliphatic carbocycles. The zero-order valence-electron chi connectivity index (χ0n) is 10.6. The van der Waals surface area contributed by atoms with Crippen molar-refractivity contribution in [1.82, 2.24) is 0 Å². The summed E-state index contributed by atoms with van der Waals surface area (Å²) in [4.78, 5) is 0.228. The summed E-state index contributed by atoms with van der Waals surface area (Å²) in [6.45, 7) is 4.95. The van der Waals surface area contributed by atoms with Crippen molar-refractivity contribution in [2.75, 3.05) is 6.61 Å². The van der Waals surface area contributed by atoms with E-state index in [2.05, 4.69) is 13.8 Å². The van der Waals surface area contributed by atoms with Gasteiger partial charge in [0.25, 0.3) is 0 Å². The average molecular weight is 263 g/mol. The second-order valence-electron chi connectivity index (χ2n) is 4.65. The molecule has 0 saturated heterocycles. The number of hydrogen-bond acceptors (Lipinski definition) is 3. The van der Waals surface area contributed by atoms with Crippen molar-refractivity contribution in [2.45, 2.75) is 20.3 Å². The quantitative estimate of drug-likeness (QED) is 0.839. The van der Waals surface area contributed by atoms with Gasteiger partial charge in [-0.15, -0.1) is 0 Å². The Bertz CT molecular complexity index is 560. The maximum Gasteiger partial charge on any atom is 0.204 e. The number of hydrogen-bond donors (Lipinski definition) is 1. The summed E-state index contributed by atoms with van der Waals surface area (Å²) in [5.74, 6) is 1.73. The monoisotopic (exact) mass is 263 g/mol. The Hall–Kier alpha value is -1.55. The number of fused-ring (bicyclic) bond motifs is 1. The highest BCUT2D eigenvalue weighted by atomic mass is 32.1. The van der Waals surface area contributed by atoms with Crippen molar-refractivity contribution >= 4 is 28.2 Å². The molecule has 96 valence electrons. The van der Waals surface area contributed by atoms with E-state index in [9.17, 15) is 0 Å². The highest BCUT2D eigenvalue weighted by Crippen LogP contribution is 2.33. The maximum absolute atomic E-state index is 5.80. The Morgan fingerprint density at radius 1 is 1.39 bits per heavy atom. The molecule has 1 aromatic heterocycles. The molecule has 0 fully saturated rings. The van der Waals surface area contributed by atoms with Gasteiger partial charge in [-0.3, -0.25) is 0 Å². The van der Waals surface area contributed by atoms with Gasteiger partial charge in [0.1, 0.15) is 10.6 Å². The van der Waals surface area contributed by atoms with Crippen molar-refractivity contribution < 1.29 is 9.15 Å². The first-order valence-corrected chi connectivity index (χ1v) is 6.44. The molecule has 2 aromatic rings. The highest BCUT2D eigenvalue weighted by molar-refractivity contribution is 7.80. The van der Waals surface area contributed by atoms with E-state index in [1.807, 2.05) is 24.3 Å². The van der Waals surface area contributed by atoms with Gasteiger partial charge in [-0.25, -0.2) is 0 Å². The molecule has 0 amide bonds. The van der Waals surface area contributed by atoms with Gasteiger partial charge in [0, 0.05) is 0 Å². The number of nitrogens with two attached hydrogens (primary N) is 1. The van der Waals surface area contributed by atoms with Gasteiger partial charge >= 0.3 is 0 Å². The van der Waals surface area contributed by atoms with Gasteiger partial charge in [0.15, 0.2) is 5.75 Å². The first-order chi connectivity index (χ1) is 8.59. The summed E-state index contributed by atoms with van der Waals surface area (Å²) in [7, 11) is 0. The van der Waals surface area contributed by atoms with E-state index in [1.165, 1.54) is 0 Å². The summed E-state index contributed by atoms with van der Waals surface area (Å²) in [5.41, 5.74) is 6.42. The fraction of sp³-hybridized carbons (Fsp3) is 0.357. The van der Waals surface area contributed by atoms with Crippen LogP contribution >= 0.6 is 12.2 Å². The molecule has 3 nitrogen and oxygen atoms in total. The number of benzene rings is 1. The van der Waals surface area contributed by atoms with Gasteiger partial charge in [-0.05, 0) is 24.5 Å². The number of rotatable bonds is 5. The third kappa shape index (κ3) is 2.64. The molecule has 0 bridgehead atoms. The van der Waals surface area contributed by atoms with Gasteiger partial charge in [-0.2, -0.15) is 0 Å². The summed E-state index contributed by atoms with van der Waals surface area (Å²) >= 11 is 5.00. The topological polar surface area (TPSA) is 48.4 Å². The normalized spacial score (nSPS) is 11.1. The van der Waals surface area contributed by atoms with Gasteiger partial charge in [0.2, 0.25) is 5.76 Å². The largest absolute Gasteiger partial charge is 0.489 e. The van der Waals surface area contributed by atoms with Crippen LogP contribution in [0.3, 0.4) is 0 Å². The minimum atomic E-state index is 0.228. The molecule has 0 atom stereocenters. The van der Waals surface area contributed by atoms with E-state index in [0.717, 1.165) is 17.4 Å². The SMILES string of the molecule is CC(C)CCOc1c(C(N)=S)oc2ccccc12. The number of thiocarbonyl (C=S) groups is 1. The molecule has 1 heterocycles. The summed E-state index contributed by atoms with van der Waals surface area (Å²) in [5, 5.41) is 0.920. The molecule has 0 aliphatic heterocycles. The zero-order chi connectivity index (χ0) is 13.1. The molecule has 2 rings (SSSR count). The van der Waals surface area contributed by atoms with Crippen molar-refractivity contribution in [3.63, 3.8) is 0 Å². The van der Waals surface area contributed by atoms with Crippen LogP contribution in [0.5, 0.6) is 5.75 Å². The molecule has 18 heavy (non-hydrogen) atoms. The Balaban J connectivity index is 2.33. The van der Waals surface area contributed by atoms with Crippen LogP contribution in [0.25, 0.3) is 11.0 Å². The zero-order valence-corrected chi connectivity index (χ0v) is 11.4. The van der Waals surface area contributed by atoms with Crippen molar-refractivity contribution in [3.05, 3.63) is 30.0 Å². The Kier molecular flexibility index (Phi) is 3.87. The average Bonchev–Trinajstić information content (AvgIpc) is 2.68. The van der Waals surface area contributed by atoms with E-state index in [-0.39, 0.29) is 4.99 Å². The van der Waals surface area contributed by atoms with Crippen LogP contribution in [0.15, 0.2) is 28.7 Å². The van der Waals surface area contributed by atoms with Crippen LogP contribution in [-0.2, 0) is 0 Å². The Morgan fingerprint density at radius 2 is 2.11 bits per heavy atom. The van der Waals surface area contributed by atoms with E-state index in [1.54, 1.807) is 0 Å². The van der Waals surface area contributed by atoms with Crippen LogP contribution in [0.4, 0.5) is 0 Å². The fourth-order valence-electron chi connectivity index (χ4n) is 1.72. The van der Waals surface area contributed by atoms with Crippen LogP contribution < -0.4 is 10.5 Å². The van der Waals surface area contributed by atoms with E-state index >= 15 is 0 Å². The number of ether oxygens (including phenoxy) is 1. The minimum absolute atomic E-state index is 0.228. The highest BCUT2D eigenvalue weighted by Gasteiger charge is 2.17. The molecular formula is C14H17NO2S. The summed E-state index contributed by atoms with van der Waals surface area (Å²) < 4.78 is 11.4. The number of para-hydroxylation sites is 1. The lowest BCUT2D eigenvalue weighted by atomic mass is 10.1. The standard InChI is InChI=1S/C14H17NO2S/c1-9(2)7-8-16-12-10-5-3-4-6-11(10)17-13(12)14(15)18/h3-6,9H,7-8H2,1-2H3,(H2,15,18). The van der Waals surface area contributed by atoms with Gasteiger partial charge in [0.05, 0.1) is 12.0 Å². The third-order valence-electron chi connectivity index (χ3n) is 2.72. The van der Waals surface area contributed by atoms with Crippen LogP contribution in [0, 0.1) is 5.92 Å². The predicted octanol–water partition coefficient (Wildman–Crippen LogP) is 3.49. The van der Waals surface area contributed by atoms with E-state index < -0.39 is 0 Å². The lowest BCUT2D eigenvalue weighted by molar-refractivity contribution is 0.288. The van der Waals surface area contributed by atoms with Crippen molar-refractivity contribution in [2.24, 2.45) is 11.7 Å². The molecule has 0 radical (unpaired) electrons. The number of furan rings is 1. The third-order valence-corrected chi connectivity index (χ3v) is 2.90. The first-order valence-electron chi connectivity index (χ1n) is 6.03. The lowest BCUT2D eigenvalue weighted by Crippen LogP contribution is -2.11. The van der Waals surface area contributed by atoms with Crippen LogP contribution in [-0.4, -0.2) is 11.6 Å². The predicted molar refractivity (Wildman–Crippen MR) is 77.1 cm³/mol. The van der Waals surface area contributed by atoms with Crippen molar-refractivity contribution in [3.8, 4) is 5.75 Å². The summed E-state index contributed by atoms with van der Waals surface area (Å²) in [6.07, 6.45) is 0.982. The molecule has 0 saturated carbocycles. The summed E-state index contributed by atoms with van der Waals surface area (Å²) in [6, 6.07) is 7.68. The van der Waals surface area contributed by atoms with Gasteiger partial charge in [-0.1, -0.05) is 38.2 Å². The minimum Gasteiger partial charge on any atom is -0.489 e. The van der Waals surface area contributed by atoms with E-state index in [0.29, 0.717) is 24.0 Å². The molecule has 1 aromatic carbocycles. The first kappa shape index (κ1) is 12.9. The van der Waals surface area contributed by atoms with Crippen LogP contribution in [0.1, 0.15) is 26.0 Å². The second kappa shape index (κ2) is 5.40. The fourth-order valence-corrected chi connectivity index (χ4v) is 1.86. The Morgan fingerprint density at radius 3 is 2.78 bits per heavy atom. The molecule has 0 spiro atoms. The molecule has 0 unspecified atom stereocenters. The lowest BCUT2D eigenvalue weighted by Gasteiger charge is -2.07. The molecule has 0 aliphatic rings. The Labute approximate surface area is 112 Å². The van der Waals surface area contributed by atoms with Gasteiger partial charge < -0.3 is 14.9 Å². The smallest absolute Gasteiger partial charge is 0.204 e. The second-order valence-corrected chi connectivity index (χ2v) is 5.09.